The van der Waals surface area contributed by atoms with Gasteiger partial charge >= 0.3 is 0 Å². The van der Waals surface area contributed by atoms with Crippen LogP contribution in [0.2, 0.25) is 0 Å². The maximum atomic E-state index is 11.6. The molecule has 2 aromatic rings. The van der Waals surface area contributed by atoms with Crippen LogP contribution in [0.3, 0.4) is 0 Å². The second-order valence-electron chi connectivity index (χ2n) is 7.06. The van der Waals surface area contributed by atoms with Gasteiger partial charge in [0.25, 0.3) is 0 Å². The molecule has 1 aromatic heterocycles. The van der Waals surface area contributed by atoms with Gasteiger partial charge in [0.2, 0.25) is 5.91 Å². The third kappa shape index (κ3) is 4.92. The summed E-state index contributed by atoms with van der Waals surface area (Å²) in [5.74, 6) is 1.71. The van der Waals surface area contributed by atoms with E-state index in [1.807, 2.05) is 24.5 Å². The first-order chi connectivity index (χ1) is 12.1. The third-order valence-corrected chi connectivity index (χ3v) is 4.92. The van der Waals surface area contributed by atoms with Crippen LogP contribution in [0, 0.1) is 5.92 Å². The van der Waals surface area contributed by atoms with E-state index in [2.05, 4.69) is 22.4 Å². The Kier molecular flexibility index (Phi) is 5.87. The molecule has 5 heteroatoms. The number of likely N-dealkylation sites (N-methyl/N-ethyl adjacent to an activating group) is 1. The zero-order valence-corrected chi connectivity index (χ0v) is 15.1. The van der Waals surface area contributed by atoms with Crippen LogP contribution >= 0.6 is 0 Å². The van der Waals surface area contributed by atoms with Crippen molar-refractivity contribution in [1.29, 1.82) is 0 Å². The molecule has 0 aliphatic heterocycles. The van der Waals surface area contributed by atoms with Crippen LogP contribution in [0.1, 0.15) is 25.7 Å². The SMILES string of the molecule is CN(C)C(=O)CNCC1CCC(Oc2ccc3cnccc3c2)CC1. The van der Waals surface area contributed by atoms with Crippen LogP contribution in [0.5, 0.6) is 5.75 Å². The molecule has 1 aromatic carbocycles. The maximum absolute atomic E-state index is 11.6. The van der Waals surface area contributed by atoms with E-state index in [1.54, 1.807) is 19.0 Å². The van der Waals surface area contributed by atoms with Crippen molar-refractivity contribution in [3.05, 3.63) is 36.7 Å². The lowest BCUT2D eigenvalue weighted by Gasteiger charge is -2.29. The number of rotatable bonds is 6. The normalized spacial score (nSPS) is 20.4. The molecule has 1 aliphatic carbocycles. The maximum Gasteiger partial charge on any atom is 0.236 e. The standard InChI is InChI=1S/C20H27N3O2/c1-23(2)20(24)14-22-12-15-3-6-18(7-4-15)25-19-8-5-17-13-21-10-9-16(17)11-19/h5,8-11,13,15,18,22H,3-4,6-7,12,14H2,1-2H3. The topological polar surface area (TPSA) is 54.5 Å². The summed E-state index contributed by atoms with van der Waals surface area (Å²) in [6.45, 7) is 1.34. The number of ether oxygens (including phenoxy) is 1. The molecule has 1 amide bonds. The predicted molar refractivity (Wildman–Crippen MR) is 99.7 cm³/mol. The number of carbonyl (C=O) groups excluding carboxylic acids is 1. The molecular weight excluding hydrogens is 314 g/mol. The zero-order valence-electron chi connectivity index (χ0n) is 15.1. The Morgan fingerprint density at radius 1 is 1.20 bits per heavy atom. The average Bonchev–Trinajstić information content (AvgIpc) is 2.63. The van der Waals surface area contributed by atoms with E-state index in [0.717, 1.165) is 48.8 Å². The number of nitrogens with one attached hydrogen (secondary N) is 1. The summed E-state index contributed by atoms with van der Waals surface area (Å²) in [6.07, 6.45) is 8.41. The zero-order chi connectivity index (χ0) is 17.6. The van der Waals surface area contributed by atoms with Gasteiger partial charge in [0.1, 0.15) is 5.75 Å². The fraction of sp³-hybridized carbons (Fsp3) is 0.500. The van der Waals surface area contributed by atoms with E-state index in [1.165, 1.54) is 0 Å². The molecule has 25 heavy (non-hydrogen) atoms. The summed E-state index contributed by atoms with van der Waals surface area (Å²) < 4.78 is 6.18. The van der Waals surface area contributed by atoms with Crippen LogP contribution < -0.4 is 10.1 Å². The Bertz CT molecular complexity index is 709. The molecule has 0 spiro atoms. The first kappa shape index (κ1) is 17.7. The molecule has 0 saturated heterocycles. The molecule has 1 aliphatic rings. The van der Waals surface area contributed by atoms with Crippen molar-refractivity contribution in [2.75, 3.05) is 27.2 Å². The minimum Gasteiger partial charge on any atom is -0.490 e. The van der Waals surface area contributed by atoms with Crippen LogP contribution in [0.4, 0.5) is 0 Å². The average molecular weight is 341 g/mol. The van der Waals surface area contributed by atoms with E-state index in [9.17, 15) is 4.79 Å². The van der Waals surface area contributed by atoms with Gasteiger partial charge in [-0.1, -0.05) is 0 Å². The minimum absolute atomic E-state index is 0.128. The summed E-state index contributed by atoms with van der Waals surface area (Å²) in [6, 6.07) is 8.21. The number of fused-ring (bicyclic) bond motifs is 1. The summed E-state index contributed by atoms with van der Waals surface area (Å²) in [4.78, 5) is 17.3. The fourth-order valence-electron chi connectivity index (χ4n) is 3.32. The van der Waals surface area contributed by atoms with E-state index < -0.39 is 0 Å². The monoisotopic (exact) mass is 341 g/mol. The Morgan fingerprint density at radius 3 is 2.76 bits per heavy atom. The number of benzene rings is 1. The highest BCUT2D eigenvalue weighted by Gasteiger charge is 2.22. The summed E-state index contributed by atoms with van der Waals surface area (Å²) in [5.41, 5.74) is 0. The van der Waals surface area contributed by atoms with Crippen LogP contribution in [-0.4, -0.2) is 49.1 Å². The molecule has 1 heterocycles. The number of pyridine rings is 1. The third-order valence-electron chi connectivity index (χ3n) is 4.92. The van der Waals surface area contributed by atoms with Crippen LogP contribution in [0.15, 0.2) is 36.7 Å². The highest BCUT2D eigenvalue weighted by molar-refractivity contribution is 5.82. The number of carbonyl (C=O) groups is 1. The molecule has 5 nitrogen and oxygen atoms in total. The number of hydrogen-bond donors (Lipinski definition) is 1. The Balaban J connectivity index is 1.43. The highest BCUT2D eigenvalue weighted by atomic mass is 16.5. The van der Waals surface area contributed by atoms with E-state index >= 15 is 0 Å². The lowest BCUT2D eigenvalue weighted by molar-refractivity contribution is -0.127. The van der Waals surface area contributed by atoms with Crippen molar-refractivity contribution in [3.8, 4) is 5.75 Å². The van der Waals surface area contributed by atoms with Gasteiger partial charge in [-0.15, -0.1) is 0 Å². The molecule has 1 fully saturated rings. The van der Waals surface area contributed by atoms with Crippen molar-refractivity contribution in [1.82, 2.24) is 15.2 Å². The lowest BCUT2D eigenvalue weighted by Crippen LogP contribution is -2.36. The summed E-state index contributed by atoms with van der Waals surface area (Å²) >= 11 is 0. The second-order valence-corrected chi connectivity index (χ2v) is 7.06. The van der Waals surface area contributed by atoms with Crippen molar-refractivity contribution >= 4 is 16.7 Å². The summed E-state index contributed by atoms with van der Waals surface area (Å²) in [5, 5.41) is 5.58. The first-order valence-electron chi connectivity index (χ1n) is 9.03. The number of amides is 1. The van der Waals surface area contributed by atoms with Gasteiger partial charge in [0, 0.05) is 31.9 Å². The first-order valence-corrected chi connectivity index (χ1v) is 9.03. The molecule has 0 radical (unpaired) electrons. The van der Waals surface area contributed by atoms with Gasteiger partial charge in [-0.2, -0.15) is 0 Å². The lowest BCUT2D eigenvalue weighted by atomic mass is 9.87. The van der Waals surface area contributed by atoms with Gasteiger partial charge in [-0.3, -0.25) is 9.78 Å². The largest absolute Gasteiger partial charge is 0.490 e. The minimum atomic E-state index is 0.128. The van der Waals surface area contributed by atoms with Crippen LogP contribution in [-0.2, 0) is 4.79 Å². The van der Waals surface area contributed by atoms with Crippen molar-refractivity contribution < 1.29 is 9.53 Å². The molecule has 0 unspecified atom stereocenters. The Hall–Kier alpha value is -2.14. The van der Waals surface area contributed by atoms with Crippen LogP contribution in [0.25, 0.3) is 10.8 Å². The van der Waals surface area contributed by atoms with Crippen molar-refractivity contribution in [3.63, 3.8) is 0 Å². The smallest absolute Gasteiger partial charge is 0.236 e. The Morgan fingerprint density at radius 2 is 2.00 bits per heavy atom. The van der Waals surface area contributed by atoms with Gasteiger partial charge < -0.3 is 15.0 Å². The number of hydrogen-bond acceptors (Lipinski definition) is 4. The number of nitrogens with zero attached hydrogens (tertiary/aromatic N) is 2. The predicted octanol–water partition coefficient (Wildman–Crippen LogP) is 2.85. The fourth-order valence-corrected chi connectivity index (χ4v) is 3.32. The van der Waals surface area contributed by atoms with E-state index in [4.69, 9.17) is 4.74 Å². The summed E-state index contributed by atoms with van der Waals surface area (Å²) in [7, 11) is 3.58. The molecular formula is C20H27N3O2. The molecule has 1 N–H and O–H groups in total. The quantitative estimate of drug-likeness (QED) is 0.878. The van der Waals surface area contributed by atoms with Gasteiger partial charge in [-0.05, 0) is 67.8 Å². The second kappa shape index (κ2) is 8.30. The van der Waals surface area contributed by atoms with E-state index in [-0.39, 0.29) is 5.91 Å². The highest BCUT2D eigenvalue weighted by Crippen LogP contribution is 2.28. The molecule has 134 valence electrons. The van der Waals surface area contributed by atoms with Gasteiger partial charge in [0.05, 0.1) is 12.6 Å². The molecule has 0 bridgehead atoms. The van der Waals surface area contributed by atoms with Crippen molar-refractivity contribution in [2.45, 2.75) is 31.8 Å². The van der Waals surface area contributed by atoms with Gasteiger partial charge in [-0.25, -0.2) is 0 Å². The van der Waals surface area contributed by atoms with E-state index in [0.29, 0.717) is 18.6 Å². The molecule has 1 saturated carbocycles. The Labute approximate surface area is 149 Å². The van der Waals surface area contributed by atoms with Gasteiger partial charge in [0.15, 0.2) is 0 Å². The number of aromatic nitrogens is 1. The van der Waals surface area contributed by atoms with Crippen molar-refractivity contribution in [2.24, 2.45) is 5.92 Å². The molecule has 0 atom stereocenters. The molecule has 3 rings (SSSR count).